The lowest BCUT2D eigenvalue weighted by molar-refractivity contribution is -0.0459. The van der Waals surface area contributed by atoms with Gasteiger partial charge in [-0.3, -0.25) is 0 Å². The van der Waals surface area contributed by atoms with E-state index in [1.165, 1.54) is 0 Å². The maximum Gasteiger partial charge on any atom is 0.0683 e. The smallest absolute Gasteiger partial charge is 0.0683 e. The van der Waals surface area contributed by atoms with Gasteiger partial charge in [-0.2, -0.15) is 5.26 Å². The molecule has 1 aliphatic rings. The van der Waals surface area contributed by atoms with Crippen molar-refractivity contribution in [2.45, 2.75) is 51.6 Å². The average molecular weight is 167 g/mol. The van der Waals surface area contributed by atoms with E-state index in [1.807, 2.05) is 13.8 Å². The topological polar surface area (TPSA) is 44.0 Å². The van der Waals surface area contributed by atoms with E-state index < -0.39 is 5.60 Å². The summed E-state index contributed by atoms with van der Waals surface area (Å²) in [5, 5.41) is 18.5. The zero-order valence-corrected chi connectivity index (χ0v) is 7.93. The molecule has 1 fully saturated rings. The standard InChI is InChI=1S/C10H17NO/c1-9(2,8-11)6-7-10(12)4-3-5-10/h12H,3-7H2,1-2H3. The van der Waals surface area contributed by atoms with E-state index in [2.05, 4.69) is 6.07 Å². The van der Waals surface area contributed by atoms with E-state index in [-0.39, 0.29) is 5.41 Å². The number of hydrogen-bond donors (Lipinski definition) is 1. The van der Waals surface area contributed by atoms with Gasteiger partial charge in [0.05, 0.1) is 17.1 Å². The van der Waals surface area contributed by atoms with Crippen molar-refractivity contribution >= 4 is 0 Å². The largest absolute Gasteiger partial charge is 0.390 e. The first-order valence-corrected chi connectivity index (χ1v) is 4.61. The first-order valence-electron chi connectivity index (χ1n) is 4.61. The molecule has 0 amide bonds. The lowest BCUT2D eigenvalue weighted by atomic mass is 9.74. The fourth-order valence-corrected chi connectivity index (χ4v) is 1.44. The molecule has 0 bridgehead atoms. The van der Waals surface area contributed by atoms with Gasteiger partial charge in [-0.15, -0.1) is 0 Å². The Hall–Kier alpha value is -0.550. The summed E-state index contributed by atoms with van der Waals surface area (Å²) in [4.78, 5) is 0. The molecule has 0 spiro atoms. The molecule has 0 radical (unpaired) electrons. The highest BCUT2D eigenvalue weighted by Gasteiger charge is 2.35. The quantitative estimate of drug-likeness (QED) is 0.700. The molecule has 0 atom stereocenters. The number of hydrogen-bond acceptors (Lipinski definition) is 2. The Morgan fingerprint density at radius 3 is 2.42 bits per heavy atom. The Kier molecular flexibility index (Phi) is 2.44. The second-order valence-electron chi connectivity index (χ2n) is 4.57. The van der Waals surface area contributed by atoms with Crippen molar-refractivity contribution in [1.29, 1.82) is 5.26 Å². The molecule has 68 valence electrons. The lowest BCUT2D eigenvalue weighted by Gasteiger charge is -2.38. The summed E-state index contributed by atoms with van der Waals surface area (Å²) in [7, 11) is 0. The zero-order valence-electron chi connectivity index (χ0n) is 7.93. The van der Waals surface area contributed by atoms with Gasteiger partial charge in [0.2, 0.25) is 0 Å². The number of nitrogens with zero attached hydrogens (tertiary/aromatic N) is 1. The maximum absolute atomic E-state index is 9.76. The zero-order chi connectivity index (χ0) is 9.24. The molecule has 0 aromatic carbocycles. The third-order valence-electron chi connectivity index (χ3n) is 2.80. The van der Waals surface area contributed by atoms with Gasteiger partial charge in [0.15, 0.2) is 0 Å². The van der Waals surface area contributed by atoms with Crippen molar-refractivity contribution in [3.63, 3.8) is 0 Å². The van der Waals surface area contributed by atoms with Gasteiger partial charge in [0, 0.05) is 0 Å². The predicted molar refractivity (Wildman–Crippen MR) is 47.4 cm³/mol. The number of aliphatic hydroxyl groups is 1. The van der Waals surface area contributed by atoms with Gasteiger partial charge >= 0.3 is 0 Å². The van der Waals surface area contributed by atoms with Crippen LogP contribution in [0, 0.1) is 16.7 Å². The highest BCUT2D eigenvalue weighted by molar-refractivity contribution is 4.95. The van der Waals surface area contributed by atoms with Gasteiger partial charge < -0.3 is 5.11 Å². The first-order chi connectivity index (χ1) is 5.47. The van der Waals surface area contributed by atoms with E-state index in [0.29, 0.717) is 0 Å². The maximum atomic E-state index is 9.76. The summed E-state index contributed by atoms with van der Waals surface area (Å²) in [6.45, 7) is 3.85. The lowest BCUT2D eigenvalue weighted by Crippen LogP contribution is -2.37. The third kappa shape index (κ3) is 2.22. The summed E-state index contributed by atoms with van der Waals surface area (Å²) in [6.07, 6.45) is 4.58. The van der Waals surface area contributed by atoms with Crippen molar-refractivity contribution in [1.82, 2.24) is 0 Å². The fourth-order valence-electron chi connectivity index (χ4n) is 1.44. The Bertz CT molecular complexity index is 198. The van der Waals surface area contributed by atoms with E-state index in [0.717, 1.165) is 32.1 Å². The Labute approximate surface area is 74.2 Å². The third-order valence-corrected chi connectivity index (χ3v) is 2.80. The van der Waals surface area contributed by atoms with E-state index in [1.54, 1.807) is 0 Å². The molecule has 12 heavy (non-hydrogen) atoms. The molecule has 2 heteroatoms. The molecule has 1 rings (SSSR count). The van der Waals surface area contributed by atoms with Gasteiger partial charge in [-0.25, -0.2) is 0 Å². The number of nitriles is 1. The molecule has 0 aromatic rings. The molecule has 2 nitrogen and oxygen atoms in total. The summed E-state index contributed by atoms with van der Waals surface area (Å²) >= 11 is 0. The highest BCUT2D eigenvalue weighted by Crippen LogP contribution is 2.38. The normalized spacial score (nSPS) is 21.2. The summed E-state index contributed by atoms with van der Waals surface area (Å²) in [5.41, 5.74) is -0.695. The van der Waals surface area contributed by atoms with Gasteiger partial charge in [0.1, 0.15) is 0 Å². The molecule has 1 aliphatic carbocycles. The highest BCUT2D eigenvalue weighted by atomic mass is 16.3. The van der Waals surface area contributed by atoms with Crippen LogP contribution in [0.2, 0.25) is 0 Å². The van der Waals surface area contributed by atoms with Gasteiger partial charge in [-0.05, 0) is 46.0 Å². The molecule has 0 aliphatic heterocycles. The molecular weight excluding hydrogens is 150 g/mol. The van der Waals surface area contributed by atoms with Crippen LogP contribution in [0.5, 0.6) is 0 Å². The van der Waals surface area contributed by atoms with Gasteiger partial charge in [0.25, 0.3) is 0 Å². The minimum absolute atomic E-state index is 0.272. The van der Waals surface area contributed by atoms with Crippen molar-refractivity contribution in [2.24, 2.45) is 5.41 Å². The average Bonchev–Trinajstić information content (AvgIpc) is 1.98. The Morgan fingerprint density at radius 2 is 2.08 bits per heavy atom. The monoisotopic (exact) mass is 167 g/mol. The molecule has 0 heterocycles. The predicted octanol–water partition coefficient (Wildman–Crippen LogP) is 2.23. The van der Waals surface area contributed by atoms with Crippen LogP contribution in [-0.4, -0.2) is 10.7 Å². The van der Waals surface area contributed by atoms with E-state index in [4.69, 9.17) is 5.26 Å². The SMILES string of the molecule is CC(C)(C#N)CCC1(O)CCC1. The summed E-state index contributed by atoms with van der Waals surface area (Å²) < 4.78 is 0. The molecule has 1 saturated carbocycles. The van der Waals surface area contributed by atoms with Gasteiger partial charge in [-0.1, -0.05) is 0 Å². The van der Waals surface area contributed by atoms with Crippen molar-refractivity contribution in [2.75, 3.05) is 0 Å². The minimum atomic E-state index is -0.422. The van der Waals surface area contributed by atoms with Crippen LogP contribution in [0.4, 0.5) is 0 Å². The Morgan fingerprint density at radius 1 is 1.50 bits per heavy atom. The van der Waals surface area contributed by atoms with Crippen molar-refractivity contribution in [3.8, 4) is 6.07 Å². The second-order valence-corrected chi connectivity index (χ2v) is 4.57. The molecule has 1 N–H and O–H groups in total. The Balaban J connectivity index is 2.30. The van der Waals surface area contributed by atoms with Crippen LogP contribution in [0.3, 0.4) is 0 Å². The van der Waals surface area contributed by atoms with Crippen LogP contribution < -0.4 is 0 Å². The molecule has 0 saturated heterocycles. The van der Waals surface area contributed by atoms with E-state index in [9.17, 15) is 5.11 Å². The molecule has 0 unspecified atom stereocenters. The van der Waals surface area contributed by atoms with Crippen molar-refractivity contribution < 1.29 is 5.11 Å². The minimum Gasteiger partial charge on any atom is -0.390 e. The van der Waals surface area contributed by atoms with Crippen LogP contribution >= 0.6 is 0 Å². The molecular formula is C10H17NO. The van der Waals surface area contributed by atoms with Crippen LogP contribution in [0.15, 0.2) is 0 Å². The molecule has 0 aromatic heterocycles. The number of rotatable bonds is 3. The van der Waals surface area contributed by atoms with Crippen LogP contribution in [0.25, 0.3) is 0 Å². The first kappa shape index (κ1) is 9.54. The van der Waals surface area contributed by atoms with E-state index >= 15 is 0 Å². The van der Waals surface area contributed by atoms with Crippen LogP contribution in [0.1, 0.15) is 46.0 Å². The van der Waals surface area contributed by atoms with Crippen molar-refractivity contribution in [3.05, 3.63) is 0 Å². The summed E-state index contributed by atoms with van der Waals surface area (Å²) in [6, 6.07) is 2.25. The summed E-state index contributed by atoms with van der Waals surface area (Å²) in [5.74, 6) is 0. The fraction of sp³-hybridized carbons (Fsp3) is 0.900. The second kappa shape index (κ2) is 3.06. The van der Waals surface area contributed by atoms with Crippen LogP contribution in [-0.2, 0) is 0 Å².